The van der Waals surface area contributed by atoms with Crippen LogP contribution in [-0.4, -0.2) is 38.8 Å². The molecule has 132 valence electrons. The summed E-state index contributed by atoms with van der Waals surface area (Å²) in [6.07, 6.45) is -3.07. The van der Waals surface area contributed by atoms with E-state index in [-0.39, 0.29) is 30.1 Å². The van der Waals surface area contributed by atoms with Crippen LogP contribution in [0.2, 0.25) is 0 Å². The number of halogens is 3. The van der Waals surface area contributed by atoms with Crippen LogP contribution in [0, 0.1) is 0 Å². The smallest absolute Gasteiger partial charge is 0.375 e. The molecule has 2 heterocycles. The predicted octanol–water partition coefficient (Wildman–Crippen LogP) is 3.14. The molecule has 1 N–H and O–H groups in total. The van der Waals surface area contributed by atoms with Gasteiger partial charge >= 0.3 is 6.18 Å². The number of hydrogen-bond donors (Lipinski definition) is 1. The molecule has 0 aliphatic rings. The maximum absolute atomic E-state index is 12.8. The molecule has 0 saturated heterocycles. The van der Waals surface area contributed by atoms with Crippen LogP contribution in [0.25, 0.3) is 11.2 Å². The van der Waals surface area contributed by atoms with Crippen molar-refractivity contribution in [3.8, 4) is 0 Å². The van der Waals surface area contributed by atoms with E-state index in [2.05, 4.69) is 15.3 Å². The summed E-state index contributed by atoms with van der Waals surface area (Å²) in [4.78, 5) is 19.9. The zero-order valence-electron chi connectivity index (χ0n) is 13.6. The Morgan fingerprint density at radius 1 is 1.33 bits per heavy atom. The van der Waals surface area contributed by atoms with Crippen molar-refractivity contribution in [1.29, 1.82) is 0 Å². The molecular weight excluding hydrogens is 325 g/mol. The third-order valence-corrected chi connectivity index (χ3v) is 2.96. The van der Waals surface area contributed by atoms with Crippen molar-refractivity contribution in [2.45, 2.75) is 45.5 Å². The number of rotatable bonds is 5. The number of aromatic nitrogens is 3. The van der Waals surface area contributed by atoms with E-state index in [0.717, 1.165) is 4.57 Å². The first-order chi connectivity index (χ1) is 11.1. The summed E-state index contributed by atoms with van der Waals surface area (Å²) in [5.74, 6) is -0.653. The van der Waals surface area contributed by atoms with Gasteiger partial charge in [-0.3, -0.25) is 14.7 Å². The molecule has 9 heteroatoms. The van der Waals surface area contributed by atoms with Gasteiger partial charge in [0.15, 0.2) is 5.65 Å². The highest BCUT2D eigenvalue weighted by molar-refractivity contribution is 5.91. The van der Waals surface area contributed by atoms with Crippen LogP contribution >= 0.6 is 0 Å². The first-order valence-corrected chi connectivity index (χ1v) is 7.37. The number of alkyl halides is 3. The number of nitrogens with one attached hydrogen (secondary N) is 1. The molecule has 0 radical (unpaired) electrons. The average Bonchev–Trinajstić information content (AvgIpc) is 2.73. The molecule has 1 amide bonds. The number of amides is 1. The van der Waals surface area contributed by atoms with Gasteiger partial charge in [0.05, 0.1) is 18.6 Å². The Balaban J connectivity index is 2.15. The largest absolute Gasteiger partial charge is 0.406 e. The third-order valence-electron chi connectivity index (χ3n) is 2.96. The minimum atomic E-state index is -4.46. The van der Waals surface area contributed by atoms with E-state index in [1.54, 1.807) is 6.07 Å². The van der Waals surface area contributed by atoms with Crippen molar-refractivity contribution in [2.75, 3.05) is 11.9 Å². The summed E-state index contributed by atoms with van der Waals surface area (Å²) in [5.41, 5.74) is -0.0489. The quantitative estimate of drug-likeness (QED) is 0.905. The maximum Gasteiger partial charge on any atom is 0.406 e. The van der Waals surface area contributed by atoms with Crippen molar-refractivity contribution in [2.24, 2.45) is 0 Å². The van der Waals surface area contributed by atoms with Gasteiger partial charge in [0.2, 0.25) is 11.9 Å². The van der Waals surface area contributed by atoms with E-state index in [1.165, 1.54) is 12.3 Å². The lowest BCUT2D eigenvalue weighted by Crippen LogP contribution is -2.25. The van der Waals surface area contributed by atoms with Crippen LogP contribution in [0.15, 0.2) is 18.3 Å². The normalized spacial score (nSPS) is 12.6. The number of pyridine rings is 1. The van der Waals surface area contributed by atoms with Crippen LogP contribution in [0.4, 0.5) is 19.1 Å². The molecule has 0 spiro atoms. The molecule has 0 unspecified atom stereocenters. The van der Waals surface area contributed by atoms with Gasteiger partial charge < -0.3 is 4.74 Å². The molecular formula is C15H19F3N4O2. The SMILES string of the molecule is CC(C)(C)OCCC(=O)Nc1nc2cccnc2n1CC(F)(F)F. The molecule has 0 aromatic carbocycles. The van der Waals surface area contributed by atoms with Crippen LogP contribution < -0.4 is 5.32 Å². The second-order valence-electron chi connectivity index (χ2n) is 6.24. The summed E-state index contributed by atoms with van der Waals surface area (Å²) >= 11 is 0. The Kier molecular flexibility index (Phi) is 5.12. The Labute approximate surface area is 137 Å². The summed E-state index contributed by atoms with van der Waals surface area (Å²) in [7, 11) is 0. The fourth-order valence-corrected chi connectivity index (χ4v) is 2.02. The second-order valence-corrected chi connectivity index (χ2v) is 6.24. The molecule has 24 heavy (non-hydrogen) atoms. The first kappa shape index (κ1) is 18.2. The average molecular weight is 344 g/mol. The van der Waals surface area contributed by atoms with E-state index in [4.69, 9.17) is 4.74 Å². The second kappa shape index (κ2) is 6.76. The number of carbonyl (C=O) groups is 1. The number of imidazole rings is 1. The van der Waals surface area contributed by atoms with E-state index in [1.807, 2.05) is 20.8 Å². The van der Waals surface area contributed by atoms with Crippen LogP contribution in [0.3, 0.4) is 0 Å². The fraction of sp³-hybridized carbons (Fsp3) is 0.533. The minimum absolute atomic E-state index is 0.0138. The third kappa shape index (κ3) is 5.19. The lowest BCUT2D eigenvalue weighted by molar-refractivity contribution is -0.139. The highest BCUT2D eigenvalue weighted by atomic mass is 19.4. The standard InChI is InChI=1S/C15H19F3N4O2/c1-14(2,3)24-8-6-11(23)21-13-20-10-5-4-7-19-12(10)22(13)9-15(16,17)18/h4-5,7H,6,8-9H2,1-3H3,(H,20,21,23). The van der Waals surface area contributed by atoms with E-state index in [0.29, 0.717) is 0 Å². The Morgan fingerprint density at radius 2 is 2.04 bits per heavy atom. The zero-order chi connectivity index (χ0) is 18.0. The molecule has 2 aromatic heterocycles. The van der Waals surface area contributed by atoms with Crippen molar-refractivity contribution >= 4 is 23.0 Å². The van der Waals surface area contributed by atoms with Crippen molar-refractivity contribution in [3.63, 3.8) is 0 Å². The van der Waals surface area contributed by atoms with E-state index >= 15 is 0 Å². The van der Waals surface area contributed by atoms with Gasteiger partial charge in [0, 0.05) is 6.20 Å². The molecule has 0 aliphatic heterocycles. The molecule has 2 aromatic rings. The van der Waals surface area contributed by atoms with Crippen molar-refractivity contribution in [1.82, 2.24) is 14.5 Å². The van der Waals surface area contributed by atoms with Gasteiger partial charge in [-0.05, 0) is 32.9 Å². The van der Waals surface area contributed by atoms with E-state index in [9.17, 15) is 18.0 Å². The maximum atomic E-state index is 12.8. The zero-order valence-corrected chi connectivity index (χ0v) is 13.6. The van der Waals surface area contributed by atoms with Crippen molar-refractivity contribution in [3.05, 3.63) is 18.3 Å². The van der Waals surface area contributed by atoms with Crippen molar-refractivity contribution < 1.29 is 22.7 Å². The minimum Gasteiger partial charge on any atom is -0.375 e. The Bertz CT molecular complexity index is 720. The molecule has 6 nitrogen and oxygen atoms in total. The van der Waals surface area contributed by atoms with Crippen LogP contribution in [-0.2, 0) is 16.1 Å². The molecule has 0 fully saturated rings. The number of hydrogen-bond acceptors (Lipinski definition) is 4. The van der Waals surface area contributed by atoms with Gasteiger partial charge in [-0.15, -0.1) is 0 Å². The lowest BCUT2D eigenvalue weighted by atomic mass is 10.2. The van der Waals surface area contributed by atoms with Gasteiger partial charge in [-0.25, -0.2) is 9.97 Å². The molecule has 0 saturated carbocycles. The number of fused-ring (bicyclic) bond motifs is 1. The highest BCUT2D eigenvalue weighted by Gasteiger charge is 2.31. The monoisotopic (exact) mass is 344 g/mol. The molecule has 0 atom stereocenters. The lowest BCUT2D eigenvalue weighted by Gasteiger charge is -2.19. The summed E-state index contributed by atoms with van der Waals surface area (Å²) in [5, 5.41) is 2.40. The summed E-state index contributed by atoms with van der Waals surface area (Å²) in [6, 6.07) is 3.10. The molecule has 0 bridgehead atoms. The molecule has 0 aliphatic carbocycles. The molecule has 2 rings (SSSR count). The number of ether oxygens (including phenoxy) is 1. The number of nitrogens with zero attached hydrogens (tertiary/aromatic N) is 3. The van der Waals surface area contributed by atoms with Gasteiger partial charge in [0.25, 0.3) is 0 Å². The topological polar surface area (TPSA) is 69.0 Å². The predicted molar refractivity (Wildman–Crippen MR) is 82.5 cm³/mol. The summed E-state index contributed by atoms with van der Waals surface area (Å²) < 4.78 is 44.6. The van der Waals surface area contributed by atoms with Gasteiger partial charge in [-0.1, -0.05) is 0 Å². The highest BCUT2D eigenvalue weighted by Crippen LogP contribution is 2.24. The van der Waals surface area contributed by atoms with Gasteiger partial charge in [0.1, 0.15) is 12.1 Å². The van der Waals surface area contributed by atoms with Crippen LogP contribution in [0.1, 0.15) is 27.2 Å². The number of anilines is 1. The Hall–Kier alpha value is -2.16. The first-order valence-electron chi connectivity index (χ1n) is 7.37. The van der Waals surface area contributed by atoms with Gasteiger partial charge in [-0.2, -0.15) is 13.2 Å². The number of carbonyl (C=O) groups excluding carboxylic acids is 1. The summed E-state index contributed by atoms with van der Waals surface area (Å²) in [6.45, 7) is 4.42. The van der Waals surface area contributed by atoms with Crippen LogP contribution in [0.5, 0.6) is 0 Å². The fourth-order valence-electron chi connectivity index (χ4n) is 2.02. The Morgan fingerprint density at radius 3 is 2.67 bits per heavy atom. The van der Waals surface area contributed by atoms with E-state index < -0.39 is 24.2 Å².